The quantitative estimate of drug-likeness (QED) is 0.537. The Morgan fingerprint density at radius 2 is 2.24 bits per heavy atom. The lowest BCUT2D eigenvalue weighted by Crippen LogP contribution is -2.24. The van der Waals surface area contributed by atoms with Gasteiger partial charge in [-0.3, -0.25) is 5.10 Å². The summed E-state index contributed by atoms with van der Waals surface area (Å²) in [5, 5.41) is 6.30. The van der Waals surface area contributed by atoms with Crippen molar-refractivity contribution in [1.82, 2.24) is 14.9 Å². The van der Waals surface area contributed by atoms with Gasteiger partial charge in [-0.15, -0.1) is 0 Å². The summed E-state index contributed by atoms with van der Waals surface area (Å²) in [6.07, 6.45) is 3.08. The summed E-state index contributed by atoms with van der Waals surface area (Å²) >= 11 is 0. The predicted molar refractivity (Wildman–Crippen MR) is 74.8 cm³/mol. The first-order valence-electron chi connectivity index (χ1n) is 5.89. The molecule has 0 aliphatic rings. The molecule has 0 aliphatic heterocycles. The number of nitrogens with zero attached hydrogens (tertiary/aromatic N) is 1. The number of nitrogens with two attached hydrogens (primary N) is 1. The smallest absolute Gasteiger partial charge is 0.337 e. The van der Waals surface area contributed by atoms with Crippen LogP contribution in [0.1, 0.15) is 15.9 Å². The fourth-order valence-corrected chi connectivity index (χ4v) is 2.80. The number of sulfonamides is 1. The molecule has 112 valence electrons. The number of methoxy groups -OCH3 is 1. The van der Waals surface area contributed by atoms with Crippen molar-refractivity contribution in [3.8, 4) is 0 Å². The number of nitrogen functional groups attached to an aromatic ring is 1. The molecule has 2 rings (SSSR count). The van der Waals surface area contributed by atoms with Gasteiger partial charge in [-0.25, -0.2) is 17.9 Å². The minimum Gasteiger partial charge on any atom is -0.465 e. The van der Waals surface area contributed by atoms with Crippen LogP contribution < -0.4 is 10.5 Å². The fourth-order valence-electron chi connectivity index (χ4n) is 1.67. The zero-order valence-electron chi connectivity index (χ0n) is 11.2. The van der Waals surface area contributed by atoms with Crippen LogP contribution in [-0.4, -0.2) is 31.7 Å². The standard InChI is InChI=1S/C12H14N4O4S/c1-20-12(17)9-2-3-11(10(13)4-9)21(18,19)16-7-8-5-14-15-6-8/h2-6,16H,7,13H2,1H3,(H,14,15). The van der Waals surface area contributed by atoms with Crippen molar-refractivity contribution in [3.05, 3.63) is 41.7 Å². The number of esters is 1. The van der Waals surface area contributed by atoms with E-state index in [4.69, 9.17) is 5.73 Å². The van der Waals surface area contributed by atoms with Gasteiger partial charge < -0.3 is 10.5 Å². The van der Waals surface area contributed by atoms with Gasteiger partial charge in [0, 0.05) is 18.3 Å². The number of carbonyl (C=O) groups excluding carboxylic acids is 1. The second kappa shape index (κ2) is 5.94. The number of aromatic nitrogens is 2. The van der Waals surface area contributed by atoms with E-state index in [9.17, 15) is 13.2 Å². The van der Waals surface area contributed by atoms with E-state index in [2.05, 4.69) is 19.7 Å². The van der Waals surface area contributed by atoms with Gasteiger partial charge in [-0.2, -0.15) is 5.10 Å². The van der Waals surface area contributed by atoms with E-state index < -0.39 is 16.0 Å². The monoisotopic (exact) mass is 310 g/mol. The highest BCUT2D eigenvalue weighted by Crippen LogP contribution is 2.20. The minimum atomic E-state index is -3.79. The normalized spacial score (nSPS) is 11.3. The highest BCUT2D eigenvalue weighted by Gasteiger charge is 2.19. The molecule has 8 nitrogen and oxygen atoms in total. The number of hydrogen-bond donors (Lipinski definition) is 3. The van der Waals surface area contributed by atoms with E-state index in [1.807, 2.05) is 0 Å². The number of aromatic amines is 1. The Labute approximate surface area is 121 Å². The number of benzene rings is 1. The number of ether oxygens (including phenoxy) is 1. The van der Waals surface area contributed by atoms with Gasteiger partial charge in [0.05, 0.1) is 24.6 Å². The number of anilines is 1. The van der Waals surface area contributed by atoms with Gasteiger partial charge in [0.2, 0.25) is 10.0 Å². The lowest BCUT2D eigenvalue weighted by molar-refractivity contribution is 0.0600. The zero-order chi connectivity index (χ0) is 15.5. The van der Waals surface area contributed by atoms with E-state index in [1.54, 1.807) is 6.20 Å². The second-order valence-electron chi connectivity index (χ2n) is 4.18. The predicted octanol–water partition coefficient (Wildman–Crippen LogP) is 0.257. The molecule has 9 heteroatoms. The van der Waals surface area contributed by atoms with Crippen molar-refractivity contribution >= 4 is 21.7 Å². The van der Waals surface area contributed by atoms with E-state index in [-0.39, 0.29) is 22.7 Å². The summed E-state index contributed by atoms with van der Waals surface area (Å²) in [7, 11) is -2.55. The molecule has 1 aromatic carbocycles. The first-order valence-corrected chi connectivity index (χ1v) is 7.37. The molecule has 0 aliphatic carbocycles. The van der Waals surface area contributed by atoms with Crippen molar-refractivity contribution in [2.24, 2.45) is 0 Å². The first kappa shape index (κ1) is 15.0. The average molecular weight is 310 g/mol. The molecule has 0 amide bonds. The molecule has 0 spiro atoms. The Hall–Kier alpha value is -2.39. The van der Waals surface area contributed by atoms with Gasteiger partial charge in [0.1, 0.15) is 4.90 Å². The van der Waals surface area contributed by atoms with Crippen LogP contribution in [0, 0.1) is 0 Å². The molecule has 0 saturated carbocycles. The molecule has 21 heavy (non-hydrogen) atoms. The van der Waals surface area contributed by atoms with Crippen LogP contribution >= 0.6 is 0 Å². The molecule has 1 aromatic heterocycles. The van der Waals surface area contributed by atoms with Crippen molar-refractivity contribution < 1.29 is 17.9 Å². The second-order valence-corrected chi connectivity index (χ2v) is 5.91. The Kier molecular flexibility index (Phi) is 4.24. The maximum absolute atomic E-state index is 12.2. The third kappa shape index (κ3) is 3.38. The van der Waals surface area contributed by atoms with Gasteiger partial charge in [-0.05, 0) is 18.2 Å². The van der Waals surface area contributed by atoms with Crippen LogP contribution in [0.15, 0.2) is 35.5 Å². The SMILES string of the molecule is COC(=O)c1ccc(S(=O)(=O)NCc2cn[nH]c2)c(N)c1. The summed E-state index contributed by atoms with van der Waals surface area (Å²) in [6.45, 7) is 0.0804. The molecule has 4 N–H and O–H groups in total. The molecule has 1 heterocycles. The molecular weight excluding hydrogens is 296 g/mol. The maximum atomic E-state index is 12.2. The molecule has 0 atom stereocenters. The van der Waals surface area contributed by atoms with E-state index in [0.717, 1.165) is 0 Å². The molecule has 0 fully saturated rings. The third-order valence-electron chi connectivity index (χ3n) is 2.74. The molecule has 0 unspecified atom stereocenters. The lowest BCUT2D eigenvalue weighted by atomic mass is 10.2. The van der Waals surface area contributed by atoms with Crippen molar-refractivity contribution in [2.45, 2.75) is 11.4 Å². The summed E-state index contributed by atoms with van der Waals surface area (Å²) in [5.41, 5.74) is 6.54. The fraction of sp³-hybridized carbons (Fsp3) is 0.167. The molecule has 0 bridgehead atoms. The number of rotatable bonds is 5. The highest BCUT2D eigenvalue weighted by atomic mass is 32.2. The summed E-state index contributed by atoms with van der Waals surface area (Å²) < 4.78 is 31.3. The van der Waals surface area contributed by atoms with E-state index >= 15 is 0 Å². The number of hydrogen-bond acceptors (Lipinski definition) is 6. The van der Waals surface area contributed by atoms with Crippen LogP contribution in [0.5, 0.6) is 0 Å². The minimum absolute atomic E-state index is 0.0300. The van der Waals surface area contributed by atoms with E-state index in [0.29, 0.717) is 5.56 Å². The molecule has 0 radical (unpaired) electrons. The number of H-pyrrole nitrogens is 1. The van der Waals surface area contributed by atoms with Crippen molar-refractivity contribution in [2.75, 3.05) is 12.8 Å². The highest BCUT2D eigenvalue weighted by molar-refractivity contribution is 7.89. The summed E-state index contributed by atoms with van der Waals surface area (Å²) in [4.78, 5) is 11.3. The van der Waals surface area contributed by atoms with Gasteiger partial charge in [0.15, 0.2) is 0 Å². The molecular formula is C12H14N4O4S. The van der Waals surface area contributed by atoms with Gasteiger partial charge in [-0.1, -0.05) is 0 Å². The maximum Gasteiger partial charge on any atom is 0.337 e. The summed E-state index contributed by atoms with van der Waals surface area (Å²) in [6, 6.07) is 3.87. The van der Waals surface area contributed by atoms with Gasteiger partial charge >= 0.3 is 5.97 Å². The van der Waals surface area contributed by atoms with Crippen LogP contribution in [-0.2, 0) is 21.3 Å². The zero-order valence-corrected chi connectivity index (χ0v) is 12.0. The molecule has 2 aromatic rings. The number of nitrogens with one attached hydrogen (secondary N) is 2. The van der Waals surface area contributed by atoms with Crippen LogP contribution in [0.3, 0.4) is 0 Å². The Balaban J connectivity index is 2.21. The lowest BCUT2D eigenvalue weighted by Gasteiger charge is -2.09. The van der Waals surface area contributed by atoms with Crippen molar-refractivity contribution in [3.63, 3.8) is 0 Å². The van der Waals surface area contributed by atoms with Crippen LogP contribution in [0.2, 0.25) is 0 Å². The average Bonchev–Trinajstić information content (AvgIpc) is 2.97. The largest absolute Gasteiger partial charge is 0.465 e. The summed E-state index contributed by atoms with van der Waals surface area (Å²) in [5.74, 6) is -0.586. The Morgan fingerprint density at radius 1 is 1.48 bits per heavy atom. The van der Waals surface area contributed by atoms with Crippen LogP contribution in [0.25, 0.3) is 0 Å². The Morgan fingerprint density at radius 3 is 2.81 bits per heavy atom. The first-order chi connectivity index (χ1) is 9.94. The van der Waals surface area contributed by atoms with E-state index in [1.165, 1.54) is 31.5 Å². The third-order valence-corrected chi connectivity index (χ3v) is 4.22. The van der Waals surface area contributed by atoms with Gasteiger partial charge in [0.25, 0.3) is 0 Å². The molecule has 0 saturated heterocycles. The topological polar surface area (TPSA) is 127 Å². The van der Waals surface area contributed by atoms with Crippen molar-refractivity contribution in [1.29, 1.82) is 0 Å². The Bertz CT molecular complexity index is 741. The van der Waals surface area contributed by atoms with Crippen LogP contribution in [0.4, 0.5) is 5.69 Å². The number of carbonyl (C=O) groups is 1.